The van der Waals surface area contributed by atoms with Crippen molar-refractivity contribution in [2.24, 2.45) is 5.92 Å². The van der Waals surface area contributed by atoms with Crippen LogP contribution in [-0.4, -0.2) is 13.2 Å². The maximum Gasteiger partial charge on any atom is 0.0701 e. The third-order valence-electron chi connectivity index (χ3n) is 1.98. The minimum atomic E-state index is 0.884. The van der Waals surface area contributed by atoms with Gasteiger partial charge in [-0.1, -0.05) is 66.7 Å². The van der Waals surface area contributed by atoms with E-state index in [0.29, 0.717) is 0 Å². The van der Waals surface area contributed by atoms with E-state index in [0.717, 1.165) is 19.1 Å². The molecule has 1 aliphatic heterocycles. The van der Waals surface area contributed by atoms with Gasteiger partial charge in [0.15, 0.2) is 0 Å². The molecule has 14 heavy (non-hydrogen) atoms. The first kappa shape index (κ1) is 16.4. The van der Waals surface area contributed by atoms with Crippen molar-refractivity contribution >= 4 is 0 Å². The molecular weight excluding hydrogens is 172 g/mol. The Morgan fingerprint density at radius 2 is 1.21 bits per heavy atom. The Balaban J connectivity index is 0. The van der Waals surface area contributed by atoms with Crippen LogP contribution in [0.4, 0.5) is 0 Å². The quantitative estimate of drug-likeness (QED) is 0.477. The van der Waals surface area contributed by atoms with Crippen molar-refractivity contribution in [2.75, 3.05) is 13.2 Å². The smallest absolute Gasteiger partial charge is 0.0701 e. The predicted molar refractivity (Wildman–Crippen MR) is 65.8 cm³/mol. The summed E-state index contributed by atoms with van der Waals surface area (Å²) < 4.78 is 4.50. The van der Waals surface area contributed by atoms with Crippen LogP contribution < -0.4 is 0 Å². The maximum absolute atomic E-state index is 4.50. The molecule has 0 atom stereocenters. The fraction of sp³-hybridized carbons (Fsp3) is 1.00. The zero-order valence-corrected chi connectivity index (χ0v) is 10.9. The predicted octanol–water partition coefficient (Wildman–Crippen LogP) is 4.66. The van der Waals surface area contributed by atoms with Crippen LogP contribution in [0.1, 0.15) is 66.7 Å². The summed E-state index contributed by atoms with van der Waals surface area (Å²) in [6.07, 6.45) is 6.84. The van der Waals surface area contributed by atoms with Gasteiger partial charge in [-0.25, -0.2) is 0 Å². The average molecular weight is 202 g/mol. The molecule has 0 aromatic rings. The molecule has 0 saturated carbocycles. The first-order valence-corrected chi connectivity index (χ1v) is 6.26. The molecule has 0 unspecified atom stereocenters. The van der Waals surface area contributed by atoms with Gasteiger partial charge in [0, 0.05) is 0 Å². The molecule has 0 amide bonds. The second-order valence-corrected chi connectivity index (χ2v) is 4.12. The van der Waals surface area contributed by atoms with E-state index in [1.54, 1.807) is 0 Å². The van der Waals surface area contributed by atoms with Gasteiger partial charge in [0.1, 0.15) is 0 Å². The van der Waals surface area contributed by atoms with Gasteiger partial charge in [-0.15, -0.1) is 0 Å². The second kappa shape index (κ2) is 15.4. The summed E-state index contributed by atoms with van der Waals surface area (Å²) in [5.41, 5.74) is 0. The minimum absolute atomic E-state index is 0.884. The largest absolute Gasteiger partial charge is 0.377 e. The minimum Gasteiger partial charge on any atom is -0.377 e. The lowest BCUT2D eigenvalue weighted by Gasteiger charge is -1.90. The van der Waals surface area contributed by atoms with Crippen LogP contribution in [-0.2, 0) is 4.74 Å². The molecule has 0 bridgehead atoms. The monoisotopic (exact) mass is 202 g/mol. The zero-order chi connectivity index (χ0) is 11.2. The molecule has 1 fully saturated rings. The van der Waals surface area contributed by atoms with Crippen molar-refractivity contribution in [3.05, 3.63) is 0 Å². The van der Waals surface area contributed by atoms with Crippen LogP contribution >= 0.6 is 0 Å². The number of rotatable bonds is 4. The molecule has 1 heterocycles. The molecule has 1 heteroatoms. The Hall–Kier alpha value is -0.0400. The first-order chi connectivity index (χ1) is 6.68. The first-order valence-electron chi connectivity index (χ1n) is 6.26. The van der Waals surface area contributed by atoms with Crippen molar-refractivity contribution in [1.82, 2.24) is 0 Å². The summed E-state index contributed by atoms with van der Waals surface area (Å²) in [4.78, 5) is 0. The molecule has 0 N–H and O–H groups in total. The van der Waals surface area contributed by atoms with Gasteiger partial charge >= 0.3 is 0 Å². The molecule has 0 radical (unpaired) electrons. The van der Waals surface area contributed by atoms with Crippen LogP contribution in [0.2, 0.25) is 0 Å². The Kier molecular flexibility index (Phi) is 18.1. The number of unbranched alkanes of at least 4 members (excludes halogenated alkanes) is 3. The van der Waals surface area contributed by atoms with Crippen LogP contribution in [0, 0.1) is 5.92 Å². The highest BCUT2D eigenvalue weighted by Gasteiger charge is 1.94. The molecule has 1 rings (SSSR count). The molecular formula is C13H30O. The molecule has 1 aliphatic rings. The fourth-order valence-electron chi connectivity index (χ4n) is 0.500. The highest BCUT2D eigenvalue weighted by molar-refractivity contribution is 4.36. The molecule has 0 aromatic carbocycles. The molecule has 0 spiro atoms. The van der Waals surface area contributed by atoms with Gasteiger partial charge in [-0.2, -0.15) is 0 Å². The lowest BCUT2D eigenvalue weighted by atomic mass is 10.2. The summed E-state index contributed by atoms with van der Waals surface area (Å²) >= 11 is 0. The van der Waals surface area contributed by atoms with E-state index < -0.39 is 0 Å². The van der Waals surface area contributed by atoms with E-state index in [-0.39, 0.29) is 0 Å². The Bertz CT molecular complexity index is 70.5. The number of epoxide rings is 1. The second-order valence-electron chi connectivity index (χ2n) is 4.12. The van der Waals surface area contributed by atoms with Gasteiger partial charge in [-0.05, 0) is 5.92 Å². The Morgan fingerprint density at radius 3 is 1.29 bits per heavy atom. The summed E-state index contributed by atoms with van der Waals surface area (Å²) in [5, 5.41) is 0. The van der Waals surface area contributed by atoms with E-state index in [1.807, 2.05) is 0 Å². The van der Waals surface area contributed by atoms with Gasteiger partial charge in [-0.3, -0.25) is 0 Å². The fourth-order valence-corrected chi connectivity index (χ4v) is 0.500. The summed E-state index contributed by atoms with van der Waals surface area (Å²) in [7, 11) is 0. The number of hydrogen-bond acceptors (Lipinski definition) is 1. The van der Waals surface area contributed by atoms with Crippen LogP contribution in [0.15, 0.2) is 0 Å². The summed E-state index contributed by atoms with van der Waals surface area (Å²) in [6.45, 7) is 13.1. The molecule has 0 aromatic heterocycles. The summed E-state index contributed by atoms with van der Waals surface area (Å²) in [5.74, 6) is 0.884. The normalized spacial score (nSPS) is 12.4. The third-order valence-corrected chi connectivity index (χ3v) is 1.98. The maximum atomic E-state index is 4.50. The molecule has 88 valence electrons. The highest BCUT2D eigenvalue weighted by atomic mass is 16.6. The van der Waals surface area contributed by atoms with Crippen molar-refractivity contribution in [1.29, 1.82) is 0 Å². The van der Waals surface area contributed by atoms with Gasteiger partial charge < -0.3 is 4.74 Å². The van der Waals surface area contributed by atoms with Crippen LogP contribution in [0.25, 0.3) is 0 Å². The van der Waals surface area contributed by atoms with Crippen molar-refractivity contribution in [3.8, 4) is 0 Å². The lowest BCUT2D eigenvalue weighted by Crippen LogP contribution is -1.77. The molecule has 1 saturated heterocycles. The highest BCUT2D eigenvalue weighted by Crippen LogP contribution is 1.95. The molecule has 1 nitrogen and oxygen atoms in total. The lowest BCUT2D eigenvalue weighted by molar-refractivity contribution is 0.475. The van der Waals surface area contributed by atoms with E-state index in [2.05, 4.69) is 39.4 Å². The van der Waals surface area contributed by atoms with Gasteiger partial charge in [0.05, 0.1) is 13.2 Å². The average Bonchev–Trinajstić information content (AvgIpc) is 3.02. The SMILES string of the molecule is C1CO1.CCC(C)C.CCCCCC. The van der Waals surface area contributed by atoms with Crippen molar-refractivity contribution < 1.29 is 4.74 Å². The zero-order valence-electron chi connectivity index (χ0n) is 10.9. The number of ether oxygens (including phenoxy) is 1. The van der Waals surface area contributed by atoms with E-state index >= 15 is 0 Å². The van der Waals surface area contributed by atoms with Gasteiger partial charge in [0.25, 0.3) is 0 Å². The standard InChI is InChI=1S/C6H14.C5H12.C2H4O/c1-3-5-6-4-2;1-4-5(2)3;1-2-3-1/h3-6H2,1-2H3;5H,4H2,1-3H3;1-2H2. The van der Waals surface area contributed by atoms with E-state index in [1.165, 1.54) is 32.1 Å². The van der Waals surface area contributed by atoms with Crippen LogP contribution in [0.3, 0.4) is 0 Å². The van der Waals surface area contributed by atoms with E-state index in [9.17, 15) is 0 Å². The topological polar surface area (TPSA) is 12.5 Å². The van der Waals surface area contributed by atoms with E-state index in [4.69, 9.17) is 0 Å². The van der Waals surface area contributed by atoms with Gasteiger partial charge in [0.2, 0.25) is 0 Å². The Labute approximate surface area is 91.2 Å². The molecule has 0 aliphatic carbocycles. The summed E-state index contributed by atoms with van der Waals surface area (Å²) in [6, 6.07) is 0. The van der Waals surface area contributed by atoms with Crippen molar-refractivity contribution in [2.45, 2.75) is 66.7 Å². The van der Waals surface area contributed by atoms with Crippen molar-refractivity contribution in [3.63, 3.8) is 0 Å². The van der Waals surface area contributed by atoms with Crippen LogP contribution in [0.5, 0.6) is 0 Å². The third kappa shape index (κ3) is 40.4. The number of hydrogen-bond donors (Lipinski definition) is 0. The Morgan fingerprint density at radius 1 is 0.929 bits per heavy atom.